The Morgan fingerprint density at radius 1 is 1.71 bits per heavy atom. The van der Waals surface area contributed by atoms with Crippen LogP contribution >= 0.6 is 0 Å². The van der Waals surface area contributed by atoms with E-state index in [9.17, 15) is 10.1 Å². The van der Waals surface area contributed by atoms with Crippen molar-refractivity contribution in [2.45, 2.75) is 26.8 Å². The minimum atomic E-state index is -0.378. The molecule has 76 valence electrons. The molecule has 0 fully saturated rings. The van der Waals surface area contributed by atoms with Crippen LogP contribution in [0, 0.1) is 10.1 Å². The van der Waals surface area contributed by atoms with E-state index in [1.807, 2.05) is 23.0 Å². The average molecular weight is 194 g/mol. The van der Waals surface area contributed by atoms with Crippen molar-refractivity contribution in [1.82, 2.24) is 4.57 Å². The number of rotatable bonds is 4. The minimum absolute atomic E-state index is 0.166. The van der Waals surface area contributed by atoms with E-state index in [0.717, 1.165) is 18.5 Å². The highest BCUT2D eigenvalue weighted by Crippen LogP contribution is 2.08. The molecule has 0 N–H and O–H groups in total. The van der Waals surface area contributed by atoms with Gasteiger partial charge in [0.1, 0.15) is 0 Å². The fraction of sp³-hybridized carbons (Fsp3) is 0.400. The van der Waals surface area contributed by atoms with Crippen LogP contribution in [-0.2, 0) is 6.54 Å². The van der Waals surface area contributed by atoms with Gasteiger partial charge in [-0.25, -0.2) is 0 Å². The fourth-order valence-corrected chi connectivity index (χ4v) is 1.24. The Bertz CT molecular complexity index is 353. The van der Waals surface area contributed by atoms with Gasteiger partial charge in [0, 0.05) is 31.9 Å². The van der Waals surface area contributed by atoms with Crippen molar-refractivity contribution < 1.29 is 4.92 Å². The molecular formula is C10H14N2O2. The SMILES string of the molecule is CCCn1ccc(/C=C(\C)[N+](=O)[O-])c1. The molecule has 0 aliphatic carbocycles. The van der Waals surface area contributed by atoms with Crippen molar-refractivity contribution in [1.29, 1.82) is 0 Å². The van der Waals surface area contributed by atoms with Crippen molar-refractivity contribution in [3.05, 3.63) is 39.8 Å². The van der Waals surface area contributed by atoms with Gasteiger partial charge in [0.25, 0.3) is 0 Å². The van der Waals surface area contributed by atoms with Gasteiger partial charge in [0.15, 0.2) is 0 Å². The van der Waals surface area contributed by atoms with Gasteiger partial charge in [-0.1, -0.05) is 6.92 Å². The molecule has 1 aromatic heterocycles. The molecular weight excluding hydrogens is 180 g/mol. The summed E-state index contributed by atoms with van der Waals surface area (Å²) in [6.45, 7) is 4.54. The number of hydrogen-bond acceptors (Lipinski definition) is 2. The molecule has 4 heteroatoms. The molecule has 0 saturated carbocycles. The molecule has 1 heterocycles. The van der Waals surface area contributed by atoms with Gasteiger partial charge >= 0.3 is 0 Å². The number of nitro groups is 1. The first-order chi connectivity index (χ1) is 6.63. The molecule has 0 atom stereocenters. The molecule has 0 amide bonds. The Balaban J connectivity index is 2.77. The predicted octanol–water partition coefficient (Wildman–Crippen LogP) is 2.54. The summed E-state index contributed by atoms with van der Waals surface area (Å²) in [6.07, 6.45) is 6.48. The van der Waals surface area contributed by atoms with E-state index in [1.54, 1.807) is 6.08 Å². The first-order valence-corrected chi connectivity index (χ1v) is 4.62. The molecule has 1 rings (SSSR count). The number of allylic oxidation sites excluding steroid dienone is 1. The van der Waals surface area contributed by atoms with Crippen molar-refractivity contribution in [2.24, 2.45) is 0 Å². The van der Waals surface area contributed by atoms with E-state index in [2.05, 4.69) is 6.92 Å². The standard InChI is InChI=1S/C10H14N2O2/c1-3-5-11-6-4-10(8-11)7-9(2)12(13)14/h4,6-8H,3,5H2,1-2H3/b9-7+. The lowest BCUT2D eigenvalue weighted by atomic mass is 10.3. The normalized spacial score (nSPS) is 11.7. The average Bonchev–Trinajstić information content (AvgIpc) is 2.53. The summed E-state index contributed by atoms with van der Waals surface area (Å²) in [4.78, 5) is 9.99. The predicted molar refractivity (Wildman–Crippen MR) is 55.4 cm³/mol. The zero-order valence-electron chi connectivity index (χ0n) is 8.43. The summed E-state index contributed by atoms with van der Waals surface area (Å²) < 4.78 is 2.03. The maximum atomic E-state index is 10.4. The Labute approximate surface area is 83.0 Å². The second-order valence-electron chi connectivity index (χ2n) is 3.23. The van der Waals surface area contributed by atoms with Crippen molar-refractivity contribution >= 4 is 6.08 Å². The maximum Gasteiger partial charge on any atom is 0.243 e. The second-order valence-corrected chi connectivity index (χ2v) is 3.23. The third kappa shape index (κ3) is 2.73. The first kappa shape index (κ1) is 10.5. The van der Waals surface area contributed by atoms with E-state index in [4.69, 9.17) is 0 Å². The van der Waals surface area contributed by atoms with E-state index in [0.29, 0.717) is 0 Å². The molecule has 0 saturated heterocycles. The van der Waals surface area contributed by atoms with Crippen LogP contribution in [0.25, 0.3) is 6.08 Å². The largest absolute Gasteiger partial charge is 0.354 e. The summed E-state index contributed by atoms with van der Waals surface area (Å²) in [5.74, 6) is 0. The zero-order chi connectivity index (χ0) is 10.6. The molecule has 0 unspecified atom stereocenters. The number of hydrogen-bond donors (Lipinski definition) is 0. The van der Waals surface area contributed by atoms with Gasteiger partial charge in [0.2, 0.25) is 5.70 Å². The first-order valence-electron chi connectivity index (χ1n) is 4.62. The van der Waals surface area contributed by atoms with Gasteiger partial charge in [-0.2, -0.15) is 0 Å². The van der Waals surface area contributed by atoms with Gasteiger partial charge in [-0.15, -0.1) is 0 Å². The molecule has 1 aromatic rings. The molecule has 0 spiro atoms. The van der Waals surface area contributed by atoms with Gasteiger partial charge in [-0.05, 0) is 18.1 Å². The summed E-state index contributed by atoms with van der Waals surface area (Å²) in [5.41, 5.74) is 1.05. The van der Waals surface area contributed by atoms with Crippen molar-refractivity contribution in [2.75, 3.05) is 0 Å². The molecule has 4 nitrogen and oxygen atoms in total. The highest BCUT2D eigenvalue weighted by atomic mass is 16.6. The number of aromatic nitrogens is 1. The highest BCUT2D eigenvalue weighted by molar-refractivity contribution is 5.49. The lowest BCUT2D eigenvalue weighted by Crippen LogP contribution is -1.93. The Morgan fingerprint density at radius 2 is 2.43 bits per heavy atom. The highest BCUT2D eigenvalue weighted by Gasteiger charge is 2.02. The minimum Gasteiger partial charge on any atom is -0.354 e. The zero-order valence-corrected chi connectivity index (χ0v) is 8.43. The number of aryl methyl sites for hydroxylation is 1. The lowest BCUT2D eigenvalue weighted by molar-refractivity contribution is -0.422. The Hall–Kier alpha value is -1.58. The van der Waals surface area contributed by atoms with E-state index in [1.165, 1.54) is 6.92 Å². The maximum absolute atomic E-state index is 10.4. The van der Waals surface area contributed by atoms with Crippen molar-refractivity contribution in [3.63, 3.8) is 0 Å². The van der Waals surface area contributed by atoms with E-state index < -0.39 is 0 Å². The summed E-state index contributed by atoms with van der Waals surface area (Å²) in [5, 5.41) is 10.4. The second kappa shape index (κ2) is 4.60. The fourth-order valence-electron chi connectivity index (χ4n) is 1.24. The summed E-state index contributed by atoms with van der Waals surface area (Å²) >= 11 is 0. The van der Waals surface area contributed by atoms with Crippen LogP contribution in [0.15, 0.2) is 24.2 Å². The molecule has 14 heavy (non-hydrogen) atoms. The van der Waals surface area contributed by atoms with E-state index >= 15 is 0 Å². The van der Waals surface area contributed by atoms with Crippen molar-refractivity contribution in [3.8, 4) is 0 Å². The van der Waals surface area contributed by atoms with Crippen LogP contribution in [0.3, 0.4) is 0 Å². The number of nitrogens with zero attached hydrogens (tertiary/aromatic N) is 2. The summed E-state index contributed by atoms with van der Waals surface area (Å²) in [6, 6.07) is 1.88. The smallest absolute Gasteiger partial charge is 0.243 e. The summed E-state index contributed by atoms with van der Waals surface area (Å²) in [7, 11) is 0. The third-order valence-corrected chi connectivity index (χ3v) is 1.92. The Kier molecular flexibility index (Phi) is 3.45. The third-order valence-electron chi connectivity index (χ3n) is 1.92. The molecule has 0 radical (unpaired) electrons. The van der Waals surface area contributed by atoms with E-state index in [-0.39, 0.29) is 10.6 Å². The Morgan fingerprint density at radius 3 is 3.00 bits per heavy atom. The van der Waals surface area contributed by atoms with Crippen LogP contribution < -0.4 is 0 Å². The van der Waals surface area contributed by atoms with Crippen LogP contribution in [-0.4, -0.2) is 9.49 Å². The molecule has 0 aliphatic heterocycles. The van der Waals surface area contributed by atoms with Gasteiger partial charge < -0.3 is 4.57 Å². The quantitative estimate of drug-likeness (QED) is 0.546. The molecule has 0 bridgehead atoms. The molecule has 0 aromatic carbocycles. The lowest BCUT2D eigenvalue weighted by Gasteiger charge is -1.96. The topological polar surface area (TPSA) is 48.1 Å². The monoisotopic (exact) mass is 194 g/mol. The van der Waals surface area contributed by atoms with Crippen LogP contribution in [0.4, 0.5) is 0 Å². The van der Waals surface area contributed by atoms with Gasteiger partial charge in [0.05, 0.1) is 4.92 Å². The van der Waals surface area contributed by atoms with Crippen LogP contribution in [0.2, 0.25) is 0 Å². The molecule has 0 aliphatic rings. The van der Waals surface area contributed by atoms with Gasteiger partial charge in [-0.3, -0.25) is 10.1 Å². The van der Waals surface area contributed by atoms with Crippen LogP contribution in [0.5, 0.6) is 0 Å². The van der Waals surface area contributed by atoms with Crippen LogP contribution in [0.1, 0.15) is 25.8 Å².